The Bertz CT molecular complexity index is 429. The Hall–Kier alpha value is -0.820. The van der Waals surface area contributed by atoms with Gasteiger partial charge in [0.15, 0.2) is 0 Å². The molecule has 1 aliphatic carbocycles. The van der Waals surface area contributed by atoms with Gasteiger partial charge < -0.3 is 5.32 Å². The lowest BCUT2D eigenvalue weighted by molar-refractivity contribution is 0.181. The molecule has 21 heavy (non-hydrogen) atoms. The Kier molecular flexibility index (Phi) is 5.87. The van der Waals surface area contributed by atoms with Crippen molar-refractivity contribution in [1.82, 2.24) is 5.32 Å². The monoisotopic (exact) mass is 287 g/mol. The van der Waals surface area contributed by atoms with Gasteiger partial charge in [0.1, 0.15) is 0 Å². The number of benzene rings is 1. The second-order valence-electron chi connectivity index (χ2n) is 7.58. The summed E-state index contributed by atoms with van der Waals surface area (Å²) in [7, 11) is 0. The normalized spacial score (nSPS) is 26.3. The fraction of sp³-hybridized carbons (Fsp3) is 0.700. The summed E-state index contributed by atoms with van der Waals surface area (Å²) in [6, 6.07) is 7.34. The molecule has 0 spiro atoms. The summed E-state index contributed by atoms with van der Waals surface area (Å²) in [5.74, 6) is 2.59. The van der Waals surface area contributed by atoms with Gasteiger partial charge in [0.25, 0.3) is 0 Å². The molecule has 1 heteroatoms. The van der Waals surface area contributed by atoms with Gasteiger partial charge in [-0.25, -0.2) is 0 Å². The van der Waals surface area contributed by atoms with Gasteiger partial charge >= 0.3 is 0 Å². The zero-order chi connectivity index (χ0) is 15.4. The molecule has 0 amide bonds. The van der Waals surface area contributed by atoms with Gasteiger partial charge in [-0.1, -0.05) is 45.4 Å². The van der Waals surface area contributed by atoms with Crippen LogP contribution in [0.4, 0.5) is 0 Å². The van der Waals surface area contributed by atoms with E-state index in [2.05, 4.69) is 58.1 Å². The first-order valence-electron chi connectivity index (χ1n) is 8.75. The van der Waals surface area contributed by atoms with Crippen molar-refractivity contribution in [1.29, 1.82) is 0 Å². The lowest BCUT2D eigenvalue weighted by Gasteiger charge is -2.36. The van der Waals surface area contributed by atoms with E-state index < -0.39 is 0 Å². The number of rotatable bonds is 5. The van der Waals surface area contributed by atoms with Crippen LogP contribution < -0.4 is 5.32 Å². The molecule has 1 nitrogen and oxygen atoms in total. The molecule has 3 unspecified atom stereocenters. The first-order chi connectivity index (χ1) is 9.97. The van der Waals surface area contributed by atoms with Crippen LogP contribution in [0.3, 0.4) is 0 Å². The van der Waals surface area contributed by atoms with Crippen LogP contribution in [0.5, 0.6) is 0 Å². The van der Waals surface area contributed by atoms with Crippen molar-refractivity contribution in [2.24, 2.45) is 17.8 Å². The molecule has 0 heterocycles. The molecule has 0 radical (unpaired) electrons. The summed E-state index contributed by atoms with van der Waals surface area (Å²) < 4.78 is 0. The van der Waals surface area contributed by atoms with Crippen LogP contribution in [0.2, 0.25) is 0 Å². The van der Waals surface area contributed by atoms with Crippen LogP contribution in [0.15, 0.2) is 18.2 Å². The number of hydrogen-bond acceptors (Lipinski definition) is 1. The van der Waals surface area contributed by atoms with Crippen LogP contribution in [-0.4, -0.2) is 12.6 Å². The molecule has 1 aromatic carbocycles. The summed E-state index contributed by atoms with van der Waals surface area (Å²) in [5.41, 5.74) is 4.55. The first kappa shape index (κ1) is 16.5. The van der Waals surface area contributed by atoms with Gasteiger partial charge in [-0.05, 0) is 74.1 Å². The summed E-state index contributed by atoms with van der Waals surface area (Å²) in [6.07, 6.45) is 5.48. The molecule has 1 aromatic rings. The SMILES string of the molecule is Cc1cccc(C)c1CC1CC(C)CCC1CNC(C)C. The summed E-state index contributed by atoms with van der Waals surface area (Å²) in [6.45, 7) is 12.7. The molecule has 3 atom stereocenters. The van der Waals surface area contributed by atoms with Gasteiger partial charge in [-0.15, -0.1) is 0 Å². The zero-order valence-electron chi connectivity index (χ0n) is 14.6. The van der Waals surface area contributed by atoms with Gasteiger partial charge in [0.2, 0.25) is 0 Å². The topological polar surface area (TPSA) is 12.0 Å². The molecule has 1 fully saturated rings. The largest absolute Gasteiger partial charge is 0.314 e. The van der Waals surface area contributed by atoms with Crippen molar-refractivity contribution in [3.8, 4) is 0 Å². The van der Waals surface area contributed by atoms with Crippen LogP contribution >= 0.6 is 0 Å². The van der Waals surface area contributed by atoms with E-state index >= 15 is 0 Å². The Morgan fingerprint density at radius 1 is 1.10 bits per heavy atom. The molecule has 0 saturated heterocycles. The molecule has 1 aliphatic rings. The van der Waals surface area contributed by atoms with Crippen molar-refractivity contribution in [3.63, 3.8) is 0 Å². The lowest BCUT2D eigenvalue weighted by atomic mass is 9.71. The molecule has 1 N–H and O–H groups in total. The number of nitrogens with one attached hydrogen (secondary N) is 1. The summed E-state index contributed by atoms with van der Waals surface area (Å²) >= 11 is 0. The van der Waals surface area contributed by atoms with Gasteiger partial charge in [0.05, 0.1) is 0 Å². The zero-order valence-corrected chi connectivity index (χ0v) is 14.6. The summed E-state index contributed by atoms with van der Waals surface area (Å²) in [4.78, 5) is 0. The molecule has 0 bridgehead atoms. The highest BCUT2D eigenvalue weighted by Gasteiger charge is 2.29. The minimum absolute atomic E-state index is 0.602. The van der Waals surface area contributed by atoms with E-state index in [-0.39, 0.29) is 0 Å². The van der Waals surface area contributed by atoms with Crippen molar-refractivity contribution < 1.29 is 0 Å². The second kappa shape index (κ2) is 7.45. The maximum Gasteiger partial charge on any atom is 0.00104 e. The minimum Gasteiger partial charge on any atom is -0.314 e. The second-order valence-corrected chi connectivity index (χ2v) is 7.58. The third kappa shape index (κ3) is 4.57. The van der Waals surface area contributed by atoms with Crippen LogP contribution in [0.25, 0.3) is 0 Å². The van der Waals surface area contributed by atoms with E-state index in [1.165, 1.54) is 43.4 Å². The lowest BCUT2D eigenvalue weighted by Crippen LogP contribution is -2.36. The highest BCUT2D eigenvalue weighted by molar-refractivity contribution is 5.33. The molecule has 0 aliphatic heterocycles. The van der Waals surface area contributed by atoms with Crippen molar-refractivity contribution >= 4 is 0 Å². The molecular weight excluding hydrogens is 254 g/mol. The molecule has 1 saturated carbocycles. The smallest absolute Gasteiger partial charge is 0.00104 e. The highest BCUT2D eigenvalue weighted by Crippen LogP contribution is 2.36. The standard InChI is InChI=1S/C20H33N/c1-14(2)21-13-18-10-9-15(3)11-19(18)12-20-16(4)7-6-8-17(20)5/h6-8,14-15,18-19,21H,9-13H2,1-5H3. The average Bonchev–Trinajstić information content (AvgIpc) is 2.42. The number of hydrogen-bond donors (Lipinski definition) is 1. The van der Waals surface area contributed by atoms with Gasteiger partial charge in [-0.2, -0.15) is 0 Å². The quantitative estimate of drug-likeness (QED) is 0.812. The maximum absolute atomic E-state index is 3.68. The van der Waals surface area contributed by atoms with Gasteiger partial charge in [0, 0.05) is 6.04 Å². The fourth-order valence-electron chi connectivity index (χ4n) is 3.90. The maximum atomic E-state index is 3.68. The van der Waals surface area contributed by atoms with Crippen LogP contribution in [-0.2, 0) is 6.42 Å². The molecular formula is C20H33N. The highest BCUT2D eigenvalue weighted by atomic mass is 14.9. The van der Waals surface area contributed by atoms with E-state index in [9.17, 15) is 0 Å². The fourth-order valence-corrected chi connectivity index (χ4v) is 3.90. The van der Waals surface area contributed by atoms with Crippen LogP contribution in [0.1, 0.15) is 56.7 Å². The third-order valence-electron chi connectivity index (χ3n) is 5.30. The number of aryl methyl sites for hydroxylation is 2. The minimum atomic E-state index is 0.602. The van der Waals surface area contributed by atoms with Crippen LogP contribution in [0, 0.1) is 31.6 Å². The predicted octanol–water partition coefficient (Wildman–Crippen LogP) is 4.90. The van der Waals surface area contributed by atoms with Gasteiger partial charge in [-0.3, -0.25) is 0 Å². The Balaban J connectivity index is 2.09. The van der Waals surface area contributed by atoms with E-state index in [1.54, 1.807) is 5.56 Å². The predicted molar refractivity (Wildman–Crippen MR) is 92.8 cm³/mol. The van der Waals surface area contributed by atoms with E-state index in [1.807, 2.05) is 0 Å². The first-order valence-corrected chi connectivity index (χ1v) is 8.75. The Morgan fingerprint density at radius 2 is 1.76 bits per heavy atom. The average molecular weight is 287 g/mol. The van der Waals surface area contributed by atoms with Crippen molar-refractivity contribution in [3.05, 3.63) is 34.9 Å². The third-order valence-corrected chi connectivity index (χ3v) is 5.30. The molecule has 2 rings (SSSR count). The van der Waals surface area contributed by atoms with Crippen molar-refractivity contribution in [2.75, 3.05) is 6.54 Å². The Morgan fingerprint density at radius 3 is 2.38 bits per heavy atom. The van der Waals surface area contributed by atoms with E-state index in [4.69, 9.17) is 0 Å². The van der Waals surface area contributed by atoms with E-state index in [0.717, 1.165) is 17.8 Å². The Labute approximate surface area is 131 Å². The molecule has 118 valence electrons. The van der Waals surface area contributed by atoms with Crippen molar-refractivity contribution in [2.45, 2.75) is 66.3 Å². The van der Waals surface area contributed by atoms with E-state index in [0.29, 0.717) is 6.04 Å². The summed E-state index contributed by atoms with van der Waals surface area (Å²) in [5, 5.41) is 3.68. The molecule has 0 aromatic heterocycles.